The minimum absolute atomic E-state index is 0. The van der Waals surface area contributed by atoms with Gasteiger partial charge < -0.3 is 35.5 Å². The van der Waals surface area contributed by atoms with Gasteiger partial charge >= 0.3 is 0 Å². The zero-order valence-electron chi connectivity index (χ0n) is 19.8. The predicted molar refractivity (Wildman–Crippen MR) is 129 cm³/mol. The standard InChI is InChI=1S/C24H29F2N3O6.ClH/c1-3-34-22(21-16(25)7-14(33-2)8-17(21)26)24(32)29-11-13-5-4-12(23(27)28)6-20(13)35-15-9-18(30)19(31)10-15;/h4-8,15,18-19,22,30-31H,3,9-11H2,1-2H3,(H3,27,28)(H,29,32);1H/t15?,18-,19+,22-;/m0./s1. The highest BCUT2D eigenvalue weighted by Crippen LogP contribution is 2.30. The molecule has 1 aliphatic rings. The van der Waals surface area contributed by atoms with Crippen LogP contribution in [0.25, 0.3) is 0 Å². The summed E-state index contributed by atoms with van der Waals surface area (Å²) in [5.74, 6) is -2.68. The molecule has 0 aliphatic heterocycles. The Morgan fingerprint density at radius 1 is 1.19 bits per heavy atom. The molecule has 1 saturated carbocycles. The molecule has 0 saturated heterocycles. The average molecular weight is 530 g/mol. The maximum atomic E-state index is 14.6. The molecular formula is C24H30ClF2N3O6. The van der Waals surface area contributed by atoms with Gasteiger partial charge in [0.05, 0.1) is 24.9 Å². The first kappa shape index (κ1) is 29.2. The van der Waals surface area contributed by atoms with Crippen molar-refractivity contribution in [3.63, 3.8) is 0 Å². The molecule has 1 fully saturated rings. The Balaban J connectivity index is 0.00000456. The summed E-state index contributed by atoms with van der Waals surface area (Å²) in [6, 6.07) is 6.61. The summed E-state index contributed by atoms with van der Waals surface area (Å²) < 4.78 is 45.3. The van der Waals surface area contributed by atoms with Crippen LogP contribution < -0.4 is 20.5 Å². The number of methoxy groups -OCH3 is 1. The summed E-state index contributed by atoms with van der Waals surface area (Å²) in [4.78, 5) is 12.9. The molecular weight excluding hydrogens is 500 g/mol. The van der Waals surface area contributed by atoms with Gasteiger partial charge in [0.15, 0.2) is 6.10 Å². The van der Waals surface area contributed by atoms with Crippen LogP contribution in [0.3, 0.4) is 0 Å². The molecule has 2 aromatic carbocycles. The van der Waals surface area contributed by atoms with Crippen molar-refractivity contribution in [1.29, 1.82) is 5.41 Å². The molecule has 6 N–H and O–H groups in total. The van der Waals surface area contributed by atoms with E-state index in [0.717, 1.165) is 12.1 Å². The number of hydrogen-bond donors (Lipinski definition) is 5. The van der Waals surface area contributed by atoms with E-state index >= 15 is 0 Å². The Hall–Kier alpha value is -2.99. The quantitative estimate of drug-likeness (QED) is 0.234. The molecule has 0 radical (unpaired) electrons. The van der Waals surface area contributed by atoms with Crippen molar-refractivity contribution >= 4 is 24.1 Å². The number of nitrogen functional groups attached to an aromatic ring is 1. The Kier molecular flexibility index (Phi) is 10.4. The number of halogens is 3. The fraction of sp³-hybridized carbons (Fsp3) is 0.417. The first-order valence-corrected chi connectivity index (χ1v) is 11.1. The number of amides is 1. The topological polar surface area (TPSA) is 147 Å². The highest BCUT2D eigenvalue weighted by atomic mass is 35.5. The first-order valence-electron chi connectivity index (χ1n) is 11.1. The van der Waals surface area contributed by atoms with Gasteiger partial charge in [-0.2, -0.15) is 0 Å². The van der Waals surface area contributed by atoms with Crippen LogP contribution in [0.15, 0.2) is 30.3 Å². The summed E-state index contributed by atoms with van der Waals surface area (Å²) in [7, 11) is 1.27. The van der Waals surface area contributed by atoms with Crippen molar-refractivity contribution in [2.75, 3.05) is 13.7 Å². The number of amidine groups is 1. The van der Waals surface area contributed by atoms with Gasteiger partial charge in [-0.1, -0.05) is 12.1 Å². The van der Waals surface area contributed by atoms with Crippen molar-refractivity contribution in [3.8, 4) is 11.5 Å². The second-order valence-electron chi connectivity index (χ2n) is 8.14. The second-order valence-corrected chi connectivity index (χ2v) is 8.14. The molecule has 0 bridgehead atoms. The molecule has 1 amide bonds. The first-order chi connectivity index (χ1) is 16.6. The van der Waals surface area contributed by atoms with Crippen LogP contribution in [0.5, 0.6) is 11.5 Å². The van der Waals surface area contributed by atoms with Crippen molar-refractivity contribution in [2.45, 2.75) is 50.7 Å². The van der Waals surface area contributed by atoms with Crippen molar-refractivity contribution < 1.29 is 38.0 Å². The molecule has 4 atom stereocenters. The average Bonchev–Trinajstić information content (AvgIpc) is 3.13. The molecule has 0 spiro atoms. The van der Waals surface area contributed by atoms with Gasteiger partial charge in [-0.25, -0.2) is 8.78 Å². The number of carbonyl (C=O) groups excluding carboxylic acids is 1. The fourth-order valence-corrected chi connectivity index (χ4v) is 3.86. The monoisotopic (exact) mass is 529 g/mol. The number of aliphatic hydroxyl groups is 2. The summed E-state index contributed by atoms with van der Waals surface area (Å²) in [5.41, 5.74) is 5.91. The van der Waals surface area contributed by atoms with Crippen LogP contribution >= 0.6 is 12.4 Å². The number of carbonyl (C=O) groups is 1. The maximum absolute atomic E-state index is 14.6. The molecule has 2 aromatic rings. The Morgan fingerprint density at radius 2 is 1.81 bits per heavy atom. The summed E-state index contributed by atoms with van der Waals surface area (Å²) >= 11 is 0. The lowest BCUT2D eigenvalue weighted by Gasteiger charge is -2.21. The SMILES string of the molecule is CCO[C@H](C(=O)NCc1ccc(C(=N)N)cc1OC1C[C@@H](O)[C@@H](O)C1)c1c(F)cc(OC)cc1F.Cl. The van der Waals surface area contributed by atoms with Crippen molar-refractivity contribution in [2.24, 2.45) is 5.73 Å². The van der Waals surface area contributed by atoms with Crippen LogP contribution in [0.2, 0.25) is 0 Å². The van der Waals surface area contributed by atoms with E-state index in [0.29, 0.717) is 16.9 Å². The fourth-order valence-electron chi connectivity index (χ4n) is 3.86. The number of nitrogens with one attached hydrogen (secondary N) is 2. The van der Waals surface area contributed by atoms with Crippen molar-refractivity contribution in [3.05, 3.63) is 58.7 Å². The van der Waals surface area contributed by atoms with E-state index in [1.54, 1.807) is 19.1 Å². The van der Waals surface area contributed by atoms with Gasteiger partial charge in [-0.3, -0.25) is 10.2 Å². The van der Waals surface area contributed by atoms with E-state index in [9.17, 15) is 23.8 Å². The minimum Gasteiger partial charge on any atom is -0.497 e. The smallest absolute Gasteiger partial charge is 0.254 e. The summed E-state index contributed by atoms with van der Waals surface area (Å²) in [6.07, 6.45) is -3.46. The van der Waals surface area contributed by atoms with Crippen LogP contribution in [-0.4, -0.2) is 54.0 Å². The zero-order valence-corrected chi connectivity index (χ0v) is 20.6. The van der Waals surface area contributed by atoms with Gasteiger partial charge in [0.1, 0.15) is 35.1 Å². The molecule has 1 aliphatic carbocycles. The minimum atomic E-state index is -1.55. The highest BCUT2D eigenvalue weighted by molar-refractivity contribution is 5.95. The third kappa shape index (κ3) is 6.82. The Morgan fingerprint density at radius 3 is 2.33 bits per heavy atom. The molecule has 0 aromatic heterocycles. The third-order valence-corrected chi connectivity index (χ3v) is 5.70. The molecule has 0 heterocycles. The lowest BCUT2D eigenvalue weighted by molar-refractivity contribution is -0.133. The van der Waals surface area contributed by atoms with Gasteiger partial charge in [-0.15, -0.1) is 12.4 Å². The van der Waals surface area contributed by atoms with E-state index in [1.807, 2.05) is 0 Å². The summed E-state index contributed by atoms with van der Waals surface area (Å²) in [5, 5.41) is 29.9. The van der Waals surface area contributed by atoms with Crippen LogP contribution in [0.4, 0.5) is 8.78 Å². The van der Waals surface area contributed by atoms with Gasteiger partial charge in [0.25, 0.3) is 5.91 Å². The van der Waals surface area contributed by atoms with Crippen LogP contribution in [0.1, 0.15) is 42.6 Å². The Bertz CT molecular complexity index is 1060. The van der Waals surface area contributed by atoms with E-state index < -0.39 is 47.5 Å². The highest BCUT2D eigenvalue weighted by Gasteiger charge is 2.33. The third-order valence-electron chi connectivity index (χ3n) is 5.70. The lowest BCUT2D eigenvalue weighted by Crippen LogP contribution is -2.32. The van der Waals surface area contributed by atoms with Crippen LogP contribution in [-0.2, 0) is 16.1 Å². The number of nitrogens with two attached hydrogens (primary N) is 1. The van der Waals surface area contributed by atoms with E-state index in [-0.39, 0.29) is 50.0 Å². The molecule has 198 valence electrons. The van der Waals surface area contributed by atoms with E-state index in [1.165, 1.54) is 13.2 Å². The van der Waals surface area contributed by atoms with Gasteiger partial charge in [0.2, 0.25) is 0 Å². The lowest BCUT2D eigenvalue weighted by atomic mass is 10.1. The second kappa shape index (κ2) is 12.8. The number of hydrogen-bond acceptors (Lipinski definition) is 7. The van der Waals surface area contributed by atoms with Crippen LogP contribution in [0, 0.1) is 17.0 Å². The van der Waals surface area contributed by atoms with E-state index in [2.05, 4.69) is 5.32 Å². The van der Waals surface area contributed by atoms with Gasteiger partial charge in [-0.05, 0) is 13.0 Å². The molecule has 36 heavy (non-hydrogen) atoms. The number of rotatable bonds is 10. The number of benzene rings is 2. The molecule has 12 heteroatoms. The maximum Gasteiger partial charge on any atom is 0.254 e. The number of ether oxygens (including phenoxy) is 3. The van der Waals surface area contributed by atoms with Crippen molar-refractivity contribution in [1.82, 2.24) is 5.32 Å². The predicted octanol–water partition coefficient (Wildman–Crippen LogP) is 2.34. The normalized spacial score (nSPS) is 19.8. The van der Waals surface area contributed by atoms with Gasteiger partial charge in [0, 0.05) is 49.3 Å². The largest absolute Gasteiger partial charge is 0.497 e. The molecule has 1 unspecified atom stereocenters. The van der Waals surface area contributed by atoms with E-state index in [4.69, 9.17) is 25.4 Å². The Labute approximate surface area is 213 Å². The number of aliphatic hydroxyl groups excluding tert-OH is 2. The molecule has 3 rings (SSSR count). The molecule has 9 nitrogen and oxygen atoms in total. The zero-order chi connectivity index (χ0) is 25.7. The summed E-state index contributed by atoms with van der Waals surface area (Å²) in [6.45, 7) is 1.53.